The molecule has 0 bridgehead atoms. The molecule has 128 valence electrons. The summed E-state index contributed by atoms with van der Waals surface area (Å²) < 4.78 is 32.0. The van der Waals surface area contributed by atoms with Gasteiger partial charge in [-0.3, -0.25) is 10.1 Å². The second-order valence-electron chi connectivity index (χ2n) is 5.97. The molecule has 2 N–H and O–H groups in total. The average molecular weight is 327 g/mol. The molecule has 2 rings (SSSR count). The minimum atomic E-state index is -2.81. The van der Waals surface area contributed by atoms with E-state index in [1.54, 1.807) is 0 Å². The first-order valence-corrected chi connectivity index (χ1v) is 7.62. The molecule has 7 heteroatoms. The number of ether oxygens (including phenoxy) is 1. The molecule has 1 fully saturated rings. The van der Waals surface area contributed by atoms with Gasteiger partial charge in [0.05, 0.1) is 12.6 Å². The predicted molar refractivity (Wildman–Crippen MR) is 83.7 cm³/mol. The lowest BCUT2D eigenvalue weighted by atomic mass is 10.1. The van der Waals surface area contributed by atoms with Crippen LogP contribution in [0.25, 0.3) is 0 Å². The van der Waals surface area contributed by atoms with Gasteiger partial charge >= 0.3 is 0 Å². The summed E-state index contributed by atoms with van der Waals surface area (Å²) >= 11 is 0. The standard InChI is InChI=1S/C16H23F2N3O2/c1-21(2)7-8-23-14-6-4-3-5-12(14)10-19-15(22)13-9-16(17,18)11-20-13/h3-6,13,20H,7-11H2,1-2H3,(H,19,22). The molecule has 1 atom stereocenters. The van der Waals surface area contributed by atoms with Gasteiger partial charge in [-0.15, -0.1) is 0 Å². The number of nitrogens with one attached hydrogen (secondary N) is 2. The van der Waals surface area contributed by atoms with Crippen molar-refractivity contribution in [2.45, 2.75) is 24.9 Å². The highest BCUT2D eigenvalue weighted by Gasteiger charge is 2.42. The Morgan fingerprint density at radius 2 is 2.17 bits per heavy atom. The summed E-state index contributed by atoms with van der Waals surface area (Å²) in [6.45, 7) is 1.12. The van der Waals surface area contributed by atoms with E-state index in [0.717, 1.165) is 12.1 Å². The zero-order valence-electron chi connectivity index (χ0n) is 13.4. The molecule has 0 aliphatic carbocycles. The van der Waals surface area contributed by atoms with Gasteiger partial charge in [-0.2, -0.15) is 0 Å². The maximum absolute atomic E-state index is 13.1. The minimum absolute atomic E-state index is 0.251. The van der Waals surface area contributed by atoms with Crippen molar-refractivity contribution in [2.24, 2.45) is 0 Å². The molecule has 1 amide bonds. The SMILES string of the molecule is CN(C)CCOc1ccccc1CNC(=O)C1CC(F)(F)CN1. The number of amides is 1. The van der Waals surface area contributed by atoms with Gasteiger partial charge in [0.25, 0.3) is 5.92 Å². The number of benzene rings is 1. The van der Waals surface area contributed by atoms with E-state index in [1.165, 1.54) is 0 Å². The van der Waals surface area contributed by atoms with Crippen LogP contribution in [-0.4, -0.2) is 56.6 Å². The van der Waals surface area contributed by atoms with Crippen LogP contribution < -0.4 is 15.4 Å². The van der Waals surface area contributed by atoms with E-state index in [2.05, 4.69) is 10.6 Å². The number of likely N-dealkylation sites (N-methyl/N-ethyl adjacent to an activating group) is 1. The zero-order valence-corrected chi connectivity index (χ0v) is 13.4. The van der Waals surface area contributed by atoms with Crippen LogP contribution in [0.2, 0.25) is 0 Å². The molecule has 1 aromatic carbocycles. The Bertz CT molecular complexity index is 538. The molecule has 0 saturated carbocycles. The van der Waals surface area contributed by atoms with Crippen LogP contribution in [-0.2, 0) is 11.3 Å². The molecule has 1 aliphatic rings. The number of nitrogens with zero attached hydrogens (tertiary/aromatic N) is 1. The van der Waals surface area contributed by atoms with E-state index in [4.69, 9.17) is 4.74 Å². The quantitative estimate of drug-likeness (QED) is 0.791. The third kappa shape index (κ3) is 5.44. The number of alkyl halides is 2. The summed E-state index contributed by atoms with van der Waals surface area (Å²) in [6.07, 6.45) is -0.459. The number of carbonyl (C=O) groups is 1. The van der Waals surface area contributed by atoms with Crippen molar-refractivity contribution >= 4 is 5.91 Å². The smallest absolute Gasteiger partial charge is 0.262 e. The second kappa shape index (κ2) is 7.70. The first-order valence-electron chi connectivity index (χ1n) is 7.62. The molecule has 0 radical (unpaired) electrons. The summed E-state index contributed by atoms with van der Waals surface area (Å²) in [5.41, 5.74) is 0.823. The van der Waals surface area contributed by atoms with E-state index in [1.807, 2.05) is 43.3 Å². The Morgan fingerprint density at radius 3 is 2.83 bits per heavy atom. The van der Waals surface area contributed by atoms with Crippen LogP contribution in [0.5, 0.6) is 5.75 Å². The lowest BCUT2D eigenvalue weighted by Gasteiger charge is -2.15. The Labute approximate surface area is 135 Å². The van der Waals surface area contributed by atoms with E-state index in [9.17, 15) is 13.6 Å². The number of halogens is 2. The third-order valence-electron chi connectivity index (χ3n) is 3.65. The largest absolute Gasteiger partial charge is 0.492 e. The highest BCUT2D eigenvalue weighted by atomic mass is 19.3. The molecule has 1 unspecified atom stereocenters. The fraction of sp³-hybridized carbons (Fsp3) is 0.562. The van der Waals surface area contributed by atoms with Crippen molar-refractivity contribution < 1.29 is 18.3 Å². The minimum Gasteiger partial charge on any atom is -0.492 e. The van der Waals surface area contributed by atoms with Gasteiger partial charge < -0.3 is 15.0 Å². The van der Waals surface area contributed by atoms with Crippen LogP contribution >= 0.6 is 0 Å². The number of carbonyl (C=O) groups excluding carboxylic acids is 1. The predicted octanol–water partition coefficient (Wildman–Crippen LogP) is 1.24. The number of hydrogen-bond donors (Lipinski definition) is 2. The van der Waals surface area contributed by atoms with Gasteiger partial charge in [0.2, 0.25) is 5.91 Å². The topological polar surface area (TPSA) is 53.6 Å². The highest BCUT2D eigenvalue weighted by molar-refractivity contribution is 5.82. The van der Waals surface area contributed by atoms with Crippen molar-refractivity contribution in [3.63, 3.8) is 0 Å². The molecule has 1 aromatic rings. The number of rotatable bonds is 7. The molecule has 1 saturated heterocycles. The van der Waals surface area contributed by atoms with Gasteiger partial charge in [-0.1, -0.05) is 18.2 Å². The number of hydrogen-bond acceptors (Lipinski definition) is 4. The zero-order chi connectivity index (χ0) is 16.9. The van der Waals surface area contributed by atoms with E-state index in [-0.39, 0.29) is 6.54 Å². The van der Waals surface area contributed by atoms with Crippen molar-refractivity contribution in [1.29, 1.82) is 0 Å². The van der Waals surface area contributed by atoms with Gasteiger partial charge in [-0.05, 0) is 20.2 Å². The summed E-state index contributed by atoms with van der Waals surface area (Å²) in [4.78, 5) is 14.0. The second-order valence-corrected chi connectivity index (χ2v) is 5.97. The van der Waals surface area contributed by atoms with Gasteiger partial charge in [0, 0.05) is 25.1 Å². The lowest BCUT2D eigenvalue weighted by Crippen LogP contribution is -2.40. The molecular weight excluding hydrogens is 304 g/mol. The van der Waals surface area contributed by atoms with Crippen LogP contribution in [0.4, 0.5) is 8.78 Å². The van der Waals surface area contributed by atoms with E-state index in [0.29, 0.717) is 12.4 Å². The van der Waals surface area contributed by atoms with Gasteiger partial charge in [0.15, 0.2) is 0 Å². The van der Waals surface area contributed by atoms with E-state index >= 15 is 0 Å². The molecule has 5 nitrogen and oxygen atoms in total. The molecule has 23 heavy (non-hydrogen) atoms. The fourth-order valence-corrected chi connectivity index (χ4v) is 2.34. The van der Waals surface area contributed by atoms with Gasteiger partial charge in [0.1, 0.15) is 12.4 Å². The maximum Gasteiger partial charge on any atom is 0.262 e. The van der Waals surface area contributed by atoms with Crippen LogP contribution in [0.3, 0.4) is 0 Å². The Balaban J connectivity index is 1.86. The summed E-state index contributed by atoms with van der Waals surface area (Å²) in [7, 11) is 3.92. The third-order valence-corrected chi connectivity index (χ3v) is 3.65. The summed E-state index contributed by atoms with van der Waals surface area (Å²) in [5, 5.41) is 5.24. The normalized spacial score (nSPS) is 19.8. The molecule has 0 spiro atoms. The fourth-order valence-electron chi connectivity index (χ4n) is 2.34. The van der Waals surface area contributed by atoms with E-state index < -0.39 is 30.8 Å². The van der Waals surface area contributed by atoms with Crippen LogP contribution in [0.15, 0.2) is 24.3 Å². The lowest BCUT2D eigenvalue weighted by molar-refractivity contribution is -0.123. The van der Waals surface area contributed by atoms with Gasteiger partial charge in [-0.25, -0.2) is 8.78 Å². The summed E-state index contributed by atoms with van der Waals surface area (Å²) in [5.74, 6) is -2.53. The van der Waals surface area contributed by atoms with Crippen molar-refractivity contribution in [3.8, 4) is 5.75 Å². The van der Waals surface area contributed by atoms with Crippen LogP contribution in [0.1, 0.15) is 12.0 Å². The Morgan fingerprint density at radius 1 is 1.43 bits per heavy atom. The molecule has 1 heterocycles. The van der Waals surface area contributed by atoms with Crippen LogP contribution in [0, 0.1) is 0 Å². The first-order chi connectivity index (χ1) is 10.9. The number of para-hydroxylation sites is 1. The Kier molecular flexibility index (Phi) is 5.90. The monoisotopic (exact) mass is 327 g/mol. The van der Waals surface area contributed by atoms with Crippen molar-refractivity contribution in [2.75, 3.05) is 33.8 Å². The molecule has 1 aliphatic heterocycles. The Hall–Kier alpha value is -1.73. The molecular formula is C16H23F2N3O2. The average Bonchev–Trinajstić information content (AvgIpc) is 2.86. The molecule has 0 aromatic heterocycles. The maximum atomic E-state index is 13.1. The highest BCUT2D eigenvalue weighted by Crippen LogP contribution is 2.25. The first kappa shape index (κ1) is 17.6. The van der Waals surface area contributed by atoms with Crippen molar-refractivity contribution in [3.05, 3.63) is 29.8 Å². The summed E-state index contributed by atoms with van der Waals surface area (Å²) in [6, 6.07) is 6.55. The van der Waals surface area contributed by atoms with Crippen molar-refractivity contribution in [1.82, 2.24) is 15.5 Å².